The average Bonchev–Trinajstić information content (AvgIpc) is 2.37. The molecule has 0 saturated carbocycles. The molecule has 18 heavy (non-hydrogen) atoms. The quantitative estimate of drug-likeness (QED) is 0.570. The zero-order chi connectivity index (χ0) is 13.0. The summed E-state index contributed by atoms with van der Waals surface area (Å²) in [7, 11) is 0. The lowest BCUT2D eigenvalue weighted by Gasteiger charge is -2.04. The first-order valence-corrected chi connectivity index (χ1v) is 7.48. The van der Waals surface area contributed by atoms with Crippen LogP contribution in [-0.2, 0) is 0 Å². The fourth-order valence-electron chi connectivity index (χ4n) is 1.47. The summed E-state index contributed by atoms with van der Waals surface area (Å²) in [5.41, 5.74) is 0.715. The molecule has 0 fully saturated rings. The summed E-state index contributed by atoms with van der Waals surface area (Å²) >= 11 is 10.8. The van der Waals surface area contributed by atoms with E-state index >= 15 is 0 Å². The Hall–Kier alpha value is -0.770. The summed E-state index contributed by atoms with van der Waals surface area (Å²) in [5.74, 6) is 0.510. The first-order chi connectivity index (χ1) is 8.66. The Balaban J connectivity index is 2.03. The highest BCUT2D eigenvalue weighted by molar-refractivity contribution is 9.10. The molecule has 2 rings (SSSR count). The van der Waals surface area contributed by atoms with Crippen molar-refractivity contribution in [1.29, 1.82) is 0 Å². The largest absolute Gasteiger partial charge is 0.293 e. The van der Waals surface area contributed by atoms with E-state index in [1.165, 1.54) is 11.8 Å². The van der Waals surface area contributed by atoms with E-state index in [2.05, 4.69) is 15.9 Å². The lowest BCUT2D eigenvalue weighted by atomic mass is 10.1. The number of rotatable bonds is 4. The van der Waals surface area contributed by atoms with E-state index in [9.17, 15) is 4.79 Å². The van der Waals surface area contributed by atoms with Crippen LogP contribution in [0.1, 0.15) is 10.4 Å². The maximum Gasteiger partial charge on any atom is 0.174 e. The fourth-order valence-corrected chi connectivity index (χ4v) is 3.07. The maximum absolute atomic E-state index is 12.0. The van der Waals surface area contributed by atoms with E-state index in [0.717, 1.165) is 9.37 Å². The molecule has 92 valence electrons. The van der Waals surface area contributed by atoms with Gasteiger partial charge in [-0.2, -0.15) is 0 Å². The van der Waals surface area contributed by atoms with Crippen LogP contribution in [0.5, 0.6) is 0 Å². The van der Waals surface area contributed by atoms with Crippen molar-refractivity contribution in [2.45, 2.75) is 4.90 Å². The SMILES string of the molecule is O=C(CSc1cccc(Cl)c1)c1ccccc1Br. The first kappa shape index (κ1) is 13.7. The molecule has 0 aliphatic heterocycles. The van der Waals surface area contributed by atoms with Crippen LogP contribution in [0.15, 0.2) is 57.9 Å². The number of Topliss-reactive ketones (excluding diaryl/α,β-unsaturated/α-hetero) is 1. The molecule has 4 heteroatoms. The maximum atomic E-state index is 12.0. The second kappa shape index (κ2) is 6.41. The number of carbonyl (C=O) groups excluding carboxylic acids is 1. The van der Waals surface area contributed by atoms with Gasteiger partial charge in [0.05, 0.1) is 5.75 Å². The summed E-state index contributed by atoms with van der Waals surface area (Å²) in [6, 6.07) is 15.0. The molecule has 0 spiro atoms. The molecule has 2 aromatic carbocycles. The van der Waals surface area contributed by atoms with Crippen molar-refractivity contribution < 1.29 is 4.79 Å². The topological polar surface area (TPSA) is 17.1 Å². The van der Waals surface area contributed by atoms with Gasteiger partial charge in [-0.15, -0.1) is 11.8 Å². The zero-order valence-corrected chi connectivity index (χ0v) is 12.6. The minimum Gasteiger partial charge on any atom is -0.293 e. The first-order valence-electron chi connectivity index (χ1n) is 5.33. The van der Waals surface area contributed by atoms with Gasteiger partial charge in [-0.25, -0.2) is 0 Å². The van der Waals surface area contributed by atoms with Crippen LogP contribution < -0.4 is 0 Å². The van der Waals surface area contributed by atoms with Gasteiger partial charge in [0.2, 0.25) is 0 Å². The summed E-state index contributed by atoms with van der Waals surface area (Å²) in [6.45, 7) is 0. The summed E-state index contributed by atoms with van der Waals surface area (Å²) in [6.07, 6.45) is 0. The molecule has 0 unspecified atom stereocenters. The molecule has 0 N–H and O–H groups in total. The molecule has 0 aromatic heterocycles. The summed E-state index contributed by atoms with van der Waals surface area (Å²) in [4.78, 5) is 13.0. The smallest absolute Gasteiger partial charge is 0.174 e. The van der Waals surface area contributed by atoms with E-state index in [1.54, 1.807) is 0 Å². The second-order valence-corrected chi connectivity index (χ2v) is 5.99. The van der Waals surface area contributed by atoms with E-state index in [1.807, 2.05) is 48.5 Å². The van der Waals surface area contributed by atoms with Gasteiger partial charge in [0.1, 0.15) is 0 Å². The Morgan fingerprint density at radius 1 is 1.17 bits per heavy atom. The van der Waals surface area contributed by atoms with Gasteiger partial charge in [0.15, 0.2) is 5.78 Å². The van der Waals surface area contributed by atoms with Gasteiger partial charge in [-0.05, 0) is 24.3 Å². The number of hydrogen-bond acceptors (Lipinski definition) is 2. The van der Waals surface area contributed by atoms with Crippen molar-refractivity contribution >= 4 is 45.1 Å². The zero-order valence-electron chi connectivity index (χ0n) is 9.40. The number of ketones is 1. The lowest BCUT2D eigenvalue weighted by molar-refractivity contribution is 0.102. The Kier molecular flexibility index (Phi) is 4.87. The van der Waals surface area contributed by atoms with Crippen molar-refractivity contribution in [3.8, 4) is 0 Å². The van der Waals surface area contributed by atoms with Crippen molar-refractivity contribution in [2.75, 3.05) is 5.75 Å². The average molecular weight is 342 g/mol. The van der Waals surface area contributed by atoms with Crippen LogP contribution in [0.2, 0.25) is 5.02 Å². The molecule has 2 aromatic rings. The standard InChI is InChI=1S/C14H10BrClOS/c15-13-7-2-1-6-12(13)14(17)9-18-11-5-3-4-10(16)8-11/h1-8H,9H2. The second-order valence-electron chi connectivity index (χ2n) is 3.65. The molecule has 0 aliphatic carbocycles. The van der Waals surface area contributed by atoms with Gasteiger partial charge in [0, 0.05) is 20.0 Å². The predicted octanol–water partition coefficient (Wildman–Crippen LogP) is 5.08. The molecule has 0 atom stereocenters. The summed E-state index contributed by atoms with van der Waals surface area (Å²) in [5, 5.41) is 0.688. The Labute approximate surface area is 124 Å². The van der Waals surface area contributed by atoms with E-state index in [4.69, 9.17) is 11.6 Å². The van der Waals surface area contributed by atoms with Crippen LogP contribution in [-0.4, -0.2) is 11.5 Å². The highest BCUT2D eigenvalue weighted by Crippen LogP contribution is 2.24. The van der Waals surface area contributed by atoms with E-state index < -0.39 is 0 Å². The molecule has 1 nitrogen and oxygen atoms in total. The van der Waals surface area contributed by atoms with Crippen LogP contribution >= 0.6 is 39.3 Å². The van der Waals surface area contributed by atoms with Crippen LogP contribution in [0.25, 0.3) is 0 Å². The highest BCUT2D eigenvalue weighted by Gasteiger charge is 2.09. The van der Waals surface area contributed by atoms with Crippen LogP contribution in [0, 0.1) is 0 Å². The normalized spacial score (nSPS) is 10.3. The van der Waals surface area contributed by atoms with Crippen LogP contribution in [0.4, 0.5) is 0 Å². The Bertz CT molecular complexity index is 571. The molecule has 0 aliphatic rings. The van der Waals surface area contributed by atoms with Crippen molar-refractivity contribution in [3.63, 3.8) is 0 Å². The molecule has 0 heterocycles. The lowest BCUT2D eigenvalue weighted by Crippen LogP contribution is -2.02. The molecule has 0 bridgehead atoms. The van der Waals surface area contributed by atoms with Gasteiger partial charge >= 0.3 is 0 Å². The van der Waals surface area contributed by atoms with Gasteiger partial charge in [-0.3, -0.25) is 4.79 Å². The Morgan fingerprint density at radius 2 is 1.94 bits per heavy atom. The number of thioether (sulfide) groups is 1. The van der Waals surface area contributed by atoms with Crippen molar-refractivity contribution in [2.24, 2.45) is 0 Å². The number of hydrogen-bond donors (Lipinski definition) is 0. The molecular formula is C14H10BrClOS. The number of halogens is 2. The third kappa shape index (κ3) is 3.61. The third-order valence-electron chi connectivity index (χ3n) is 2.34. The fraction of sp³-hybridized carbons (Fsp3) is 0.0714. The molecular weight excluding hydrogens is 332 g/mol. The third-order valence-corrected chi connectivity index (χ3v) is 4.26. The van der Waals surface area contributed by atoms with E-state index in [-0.39, 0.29) is 5.78 Å². The Morgan fingerprint density at radius 3 is 2.67 bits per heavy atom. The predicted molar refractivity (Wildman–Crippen MR) is 80.6 cm³/mol. The molecule has 0 amide bonds. The van der Waals surface area contributed by atoms with Crippen LogP contribution in [0.3, 0.4) is 0 Å². The van der Waals surface area contributed by atoms with E-state index in [0.29, 0.717) is 16.3 Å². The van der Waals surface area contributed by atoms with Crippen molar-refractivity contribution in [3.05, 3.63) is 63.6 Å². The van der Waals surface area contributed by atoms with Gasteiger partial charge < -0.3 is 0 Å². The molecule has 0 radical (unpaired) electrons. The van der Waals surface area contributed by atoms with Gasteiger partial charge in [0.25, 0.3) is 0 Å². The molecule has 0 saturated heterocycles. The monoisotopic (exact) mass is 340 g/mol. The van der Waals surface area contributed by atoms with Gasteiger partial charge in [-0.1, -0.05) is 51.8 Å². The summed E-state index contributed by atoms with van der Waals surface area (Å²) < 4.78 is 0.835. The minimum atomic E-state index is 0.104. The van der Waals surface area contributed by atoms with Crippen molar-refractivity contribution in [1.82, 2.24) is 0 Å². The number of carbonyl (C=O) groups is 1. The minimum absolute atomic E-state index is 0.104. The highest BCUT2D eigenvalue weighted by atomic mass is 79.9. The number of benzene rings is 2.